The summed E-state index contributed by atoms with van der Waals surface area (Å²) in [5.41, 5.74) is 12.4. The maximum atomic E-state index is 5.83. The van der Waals surface area contributed by atoms with Gasteiger partial charge in [0.05, 0.1) is 6.61 Å². The minimum absolute atomic E-state index is 0.0854. The van der Waals surface area contributed by atoms with E-state index < -0.39 is 0 Å². The van der Waals surface area contributed by atoms with Gasteiger partial charge in [-0.15, -0.1) is 0 Å². The van der Waals surface area contributed by atoms with Crippen molar-refractivity contribution in [3.05, 3.63) is 29.8 Å². The van der Waals surface area contributed by atoms with Crippen LogP contribution in [-0.4, -0.2) is 38.7 Å². The molecule has 0 aliphatic heterocycles. The maximum Gasteiger partial charge on any atom is 0.119 e. The molecule has 0 saturated carbocycles. The van der Waals surface area contributed by atoms with Crippen LogP contribution in [0, 0.1) is 0 Å². The van der Waals surface area contributed by atoms with E-state index in [1.165, 1.54) is 0 Å². The van der Waals surface area contributed by atoms with Crippen LogP contribution in [0.2, 0.25) is 0 Å². The Morgan fingerprint density at radius 1 is 1.24 bits per heavy atom. The summed E-state index contributed by atoms with van der Waals surface area (Å²) in [7, 11) is 4.12. The Hall–Kier alpha value is -1.10. The second kappa shape index (κ2) is 7.27. The predicted molar refractivity (Wildman–Crippen MR) is 71.1 cm³/mol. The topological polar surface area (TPSA) is 64.5 Å². The zero-order chi connectivity index (χ0) is 12.7. The van der Waals surface area contributed by atoms with Gasteiger partial charge in [-0.3, -0.25) is 0 Å². The van der Waals surface area contributed by atoms with Crippen LogP contribution < -0.4 is 16.2 Å². The van der Waals surface area contributed by atoms with Gasteiger partial charge in [0.1, 0.15) is 5.75 Å². The van der Waals surface area contributed by atoms with E-state index in [0.29, 0.717) is 6.54 Å². The SMILES string of the molecule is CN(C)CCCOc1ccc(C(N)CN)cc1. The number of nitrogens with two attached hydrogens (primary N) is 2. The van der Waals surface area contributed by atoms with Crippen molar-refractivity contribution >= 4 is 0 Å². The van der Waals surface area contributed by atoms with Crippen molar-refractivity contribution < 1.29 is 4.74 Å². The number of ether oxygens (including phenoxy) is 1. The van der Waals surface area contributed by atoms with Gasteiger partial charge in [0.25, 0.3) is 0 Å². The van der Waals surface area contributed by atoms with Gasteiger partial charge in [-0.05, 0) is 38.2 Å². The molecular formula is C13H23N3O. The van der Waals surface area contributed by atoms with Crippen LogP contribution in [0.1, 0.15) is 18.0 Å². The van der Waals surface area contributed by atoms with Gasteiger partial charge in [0, 0.05) is 19.1 Å². The van der Waals surface area contributed by atoms with E-state index in [0.717, 1.165) is 30.9 Å². The molecule has 0 bridgehead atoms. The van der Waals surface area contributed by atoms with E-state index >= 15 is 0 Å². The van der Waals surface area contributed by atoms with Gasteiger partial charge in [0.2, 0.25) is 0 Å². The predicted octanol–water partition coefficient (Wildman–Crippen LogP) is 0.976. The molecule has 1 unspecified atom stereocenters. The molecule has 1 aromatic rings. The molecule has 0 heterocycles. The van der Waals surface area contributed by atoms with Crippen LogP contribution in [0.5, 0.6) is 5.75 Å². The molecule has 1 aromatic carbocycles. The van der Waals surface area contributed by atoms with Gasteiger partial charge in [0.15, 0.2) is 0 Å². The molecule has 0 radical (unpaired) electrons. The maximum absolute atomic E-state index is 5.83. The van der Waals surface area contributed by atoms with Gasteiger partial charge in [-0.1, -0.05) is 12.1 Å². The lowest BCUT2D eigenvalue weighted by atomic mass is 10.1. The van der Waals surface area contributed by atoms with Gasteiger partial charge < -0.3 is 21.1 Å². The monoisotopic (exact) mass is 237 g/mol. The summed E-state index contributed by atoms with van der Waals surface area (Å²) in [6.45, 7) is 2.24. The summed E-state index contributed by atoms with van der Waals surface area (Å²) in [5, 5.41) is 0. The third kappa shape index (κ3) is 5.17. The van der Waals surface area contributed by atoms with Crippen LogP contribution in [0.4, 0.5) is 0 Å². The summed E-state index contributed by atoms with van der Waals surface area (Å²) in [5.74, 6) is 0.886. The molecule has 4 heteroatoms. The first kappa shape index (κ1) is 14.0. The highest BCUT2D eigenvalue weighted by atomic mass is 16.5. The second-order valence-corrected chi connectivity index (χ2v) is 4.42. The Labute approximate surface area is 104 Å². The zero-order valence-electron chi connectivity index (χ0n) is 10.7. The van der Waals surface area contributed by atoms with E-state index in [1.807, 2.05) is 24.3 Å². The highest BCUT2D eigenvalue weighted by Crippen LogP contribution is 2.15. The van der Waals surface area contributed by atoms with Crippen LogP contribution in [0.25, 0.3) is 0 Å². The number of benzene rings is 1. The third-order valence-corrected chi connectivity index (χ3v) is 2.58. The molecule has 0 spiro atoms. The number of hydrogen-bond donors (Lipinski definition) is 2. The zero-order valence-corrected chi connectivity index (χ0v) is 10.7. The number of nitrogens with zero attached hydrogens (tertiary/aromatic N) is 1. The standard InChI is InChI=1S/C13H23N3O/c1-16(2)8-3-9-17-12-6-4-11(5-7-12)13(15)10-14/h4-7,13H,3,8-10,14-15H2,1-2H3. The summed E-state index contributed by atoms with van der Waals surface area (Å²) in [6.07, 6.45) is 1.02. The Morgan fingerprint density at radius 2 is 1.88 bits per heavy atom. The van der Waals surface area contributed by atoms with Crippen molar-refractivity contribution in [1.29, 1.82) is 0 Å². The van der Waals surface area contributed by atoms with Crippen molar-refractivity contribution in [2.45, 2.75) is 12.5 Å². The van der Waals surface area contributed by atoms with E-state index in [4.69, 9.17) is 16.2 Å². The first-order chi connectivity index (χ1) is 8.13. The smallest absolute Gasteiger partial charge is 0.119 e. The molecule has 0 saturated heterocycles. The third-order valence-electron chi connectivity index (χ3n) is 2.58. The molecule has 96 valence electrons. The minimum atomic E-state index is -0.0854. The Balaban J connectivity index is 2.35. The first-order valence-corrected chi connectivity index (χ1v) is 5.96. The van der Waals surface area contributed by atoms with Crippen molar-refractivity contribution in [1.82, 2.24) is 4.90 Å². The number of hydrogen-bond acceptors (Lipinski definition) is 4. The van der Waals surface area contributed by atoms with Crippen molar-refractivity contribution in [2.75, 3.05) is 33.8 Å². The highest BCUT2D eigenvalue weighted by molar-refractivity contribution is 5.29. The average molecular weight is 237 g/mol. The fraction of sp³-hybridized carbons (Fsp3) is 0.538. The Morgan fingerprint density at radius 3 is 2.41 bits per heavy atom. The molecule has 1 atom stereocenters. The summed E-state index contributed by atoms with van der Waals surface area (Å²) in [4.78, 5) is 2.15. The molecule has 0 fully saturated rings. The summed E-state index contributed by atoms with van der Waals surface area (Å²) >= 11 is 0. The molecule has 0 aliphatic carbocycles. The van der Waals surface area contributed by atoms with Gasteiger partial charge >= 0.3 is 0 Å². The lowest BCUT2D eigenvalue weighted by Gasteiger charge is -2.12. The molecule has 1 rings (SSSR count). The van der Waals surface area contributed by atoms with E-state index in [1.54, 1.807) is 0 Å². The van der Waals surface area contributed by atoms with Crippen LogP contribution in [-0.2, 0) is 0 Å². The van der Waals surface area contributed by atoms with Crippen LogP contribution >= 0.6 is 0 Å². The molecular weight excluding hydrogens is 214 g/mol. The van der Waals surface area contributed by atoms with E-state index in [-0.39, 0.29) is 6.04 Å². The fourth-order valence-electron chi connectivity index (χ4n) is 1.52. The van der Waals surface area contributed by atoms with Crippen molar-refractivity contribution in [3.8, 4) is 5.75 Å². The second-order valence-electron chi connectivity index (χ2n) is 4.42. The molecule has 0 aliphatic rings. The molecule has 0 amide bonds. The average Bonchev–Trinajstić information content (AvgIpc) is 2.34. The van der Waals surface area contributed by atoms with Gasteiger partial charge in [-0.25, -0.2) is 0 Å². The summed E-state index contributed by atoms with van der Waals surface area (Å²) in [6, 6.07) is 7.75. The normalized spacial score (nSPS) is 12.8. The van der Waals surface area contributed by atoms with E-state index in [9.17, 15) is 0 Å². The lowest BCUT2D eigenvalue weighted by Crippen LogP contribution is -2.20. The van der Waals surface area contributed by atoms with Crippen LogP contribution in [0.3, 0.4) is 0 Å². The largest absolute Gasteiger partial charge is 0.494 e. The Bertz CT molecular complexity index is 311. The van der Waals surface area contributed by atoms with Gasteiger partial charge in [-0.2, -0.15) is 0 Å². The number of rotatable bonds is 7. The van der Waals surface area contributed by atoms with Crippen molar-refractivity contribution in [3.63, 3.8) is 0 Å². The first-order valence-electron chi connectivity index (χ1n) is 5.96. The molecule has 0 aromatic heterocycles. The van der Waals surface area contributed by atoms with E-state index in [2.05, 4.69) is 19.0 Å². The fourth-order valence-corrected chi connectivity index (χ4v) is 1.52. The molecule has 17 heavy (non-hydrogen) atoms. The molecule has 4 nitrogen and oxygen atoms in total. The lowest BCUT2D eigenvalue weighted by molar-refractivity contribution is 0.281. The Kier molecular flexibility index (Phi) is 5.97. The molecule has 4 N–H and O–H groups in total. The quantitative estimate of drug-likeness (QED) is 0.694. The summed E-state index contributed by atoms with van der Waals surface area (Å²) < 4.78 is 5.63. The minimum Gasteiger partial charge on any atom is -0.494 e. The van der Waals surface area contributed by atoms with Crippen molar-refractivity contribution in [2.24, 2.45) is 11.5 Å². The van der Waals surface area contributed by atoms with Crippen LogP contribution in [0.15, 0.2) is 24.3 Å². The highest BCUT2D eigenvalue weighted by Gasteiger charge is 2.03.